The van der Waals surface area contributed by atoms with E-state index in [0.717, 1.165) is 23.4 Å². The van der Waals surface area contributed by atoms with Gasteiger partial charge in [-0.2, -0.15) is 0 Å². The van der Waals surface area contributed by atoms with Crippen LogP contribution in [0.25, 0.3) is 17.0 Å². The molecule has 1 amide bonds. The third-order valence-electron chi connectivity index (χ3n) is 11.9. The van der Waals surface area contributed by atoms with Crippen molar-refractivity contribution in [2.45, 2.75) is 127 Å². The van der Waals surface area contributed by atoms with Crippen molar-refractivity contribution >= 4 is 40.6 Å². The molecule has 3 saturated heterocycles. The quantitative estimate of drug-likeness (QED) is 0.254. The van der Waals surface area contributed by atoms with Gasteiger partial charge in [0.2, 0.25) is 0 Å². The van der Waals surface area contributed by atoms with Crippen molar-refractivity contribution < 1.29 is 56.7 Å². The Morgan fingerprint density at radius 2 is 1.79 bits per heavy atom. The molecule has 0 saturated carbocycles. The van der Waals surface area contributed by atoms with Crippen molar-refractivity contribution in [3.8, 4) is 0 Å². The summed E-state index contributed by atoms with van der Waals surface area (Å²) in [7, 11) is 3.60. The molecule has 1 aromatic carbocycles. The summed E-state index contributed by atoms with van der Waals surface area (Å²) in [6, 6.07) is 8.03. The number of Topliss-reactive ketones (excluding diaryl/α,β-unsaturated/α-hetero) is 2. The minimum absolute atomic E-state index is 0.0662. The van der Waals surface area contributed by atoms with Gasteiger partial charge >= 0.3 is 12.1 Å². The predicted molar refractivity (Wildman–Crippen MR) is 206 cm³/mol. The Kier molecular flexibility index (Phi) is 13.6. The topological polar surface area (TPSA) is 163 Å². The molecule has 3 fully saturated rings. The van der Waals surface area contributed by atoms with Crippen LogP contribution in [0.1, 0.15) is 73.3 Å². The van der Waals surface area contributed by atoms with E-state index in [9.17, 15) is 28.7 Å². The highest BCUT2D eigenvalue weighted by Crippen LogP contribution is 2.41. The lowest BCUT2D eigenvalue weighted by Gasteiger charge is -2.47. The molecule has 3 aliphatic rings. The fraction of sp³-hybridized carbons (Fsp3) is 0.643. The normalized spacial score (nSPS) is 38.5. The Balaban J connectivity index is 1.59. The Bertz CT molecular complexity index is 1830. The lowest BCUT2D eigenvalue weighted by Crippen LogP contribution is -2.61. The van der Waals surface area contributed by atoms with E-state index in [2.05, 4.69) is 10.3 Å². The van der Waals surface area contributed by atoms with Gasteiger partial charge in [-0.1, -0.05) is 51.1 Å². The summed E-state index contributed by atoms with van der Waals surface area (Å²) < 4.78 is 61.3. The number of ether oxygens (including phenoxy) is 5. The summed E-state index contributed by atoms with van der Waals surface area (Å²) >= 11 is 0. The number of likely N-dealkylation sites (N-methyl/N-ethyl adjacent to an activating group) is 1. The first-order chi connectivity index (χ1) is 26.7. The van der Waals surface area contributed by atoms with Gasteiger partial charge in [-0.25, -0.2) is 14.0 Å². The number of cyclic esters (lactones) is 1. The fourth-order valence-electron chi connectivity index (χ4n) is 8.70. The number of pyridine rings is 1. The third-order valence-corrected chi connectivity index (χ3v) is 11.9. The first-order valence-electron chi connectivity index (χ1n) is 19.6. The minimum atomic E-state index is -3.31. The average molecular weight is 802 g/mol. The summed E-state index contributed by atoms with van der Waals surface area (Å²) in [5, 5.41) is 15.1. The summed E-state index contributed by atoms with van der Waals surface area (Å²) in [6.45, 7) is 9.09. The first-order valence-corrected chi connectivity index (χ1v) is 19.6. The molecule has 314 valence electrons. The number of aliphatic hydroxyl groups is 1. The number of carbonyl (C=O) groups excluding carboxylic acids is 4. The SMILES string of the molecule is CC1CC(N(C)C)C(O)C(O[C@@H]2[C@@H](C)C(=O)[C@](C)(F)C(=O)O[C@H](CCF)[C@@]3(C)OC(=O)N[C@@H]3[C@@H](C)C(=O)[C@H](C)C[C@@]2(C)OCC=Cc2ccc3cccnc3c2)O1. The Hall–Kier alpha value is -3.89. The number of benzene rings is 1. The maximum absolute atomic E-state index is 16.9. The molecule has 0 spiro atoms. The molecule has 2 N–H and O–H groups in total. The second-order valence-electron chi connectivity index (χ2n) is 16.6. The monoisotopic (exact) mass is 801 g/mol. The zero-order valence-electron chi connectivity index (χ0n) is 34.2. The number of esters is 1. The molecule has 1 aromatic heterocycles. The van der Waals surface area contributed by atoms with E-state index in [1.807, 2.05) is 48.2 Å². The highest BCUT2D eigenvalue weighted by Gasteiger charge is 2.59. The molecule has 0 aliphatic carbocycles. The number of halogens is 2. The number of fused-ring (bicyclic) bond motifs is 2. The van der Waals surface area contributed by atoms with Gasteiger partial charge in [-0.15, -0.1) is 0 Å². The van der Waals surface area contributed by atoms with Crippen molar-refractivity contribution in [1.29, 1.82) is 0 Å². The third kappa shape index (κ3) is 9.22. The van der Waals surface area contributed by atoms with Crippen LogP contribution in [0.3, 0.4) is 0 Å². The van der Waals surface area contributed by atoms with Crippen molar-refractivity contribution in [3.63, 3.8) is 0 Å². The molecular weight excluding hydrogens is 744 g/mol. The smallest absolute Gasteiger partial charge is 0.408 e. The van der Waals surface area contributed by atoms with Crippen LogP contribution in [0.2, 0.25) is 0 Å². The van der Waals surface area contributed by atoms with Crippen LogP contribution in [-0.2, 0) is 38.1 Å². The van der Waals surface area contributed by atoms with Crippen LogP contribution in [0.15, 0.2) is 42.6 Å². The van der Waals surface area contributed by atoms with Crippen LogP contribution in [0.4, 0.5) is 13.6 Å². The molecule has 0 radical (unpaired) electrons. The van der Waals surface area contributed by atoms with E-state index >= 15 is 4.39 Å². The summed E-state index contributed by atoms with van der Waals surface area (Å²) in [5.41, 5.74) is -5.08. The molecule has 5 rings (SSSR count). The number of carbonyl (C=O) groups is 4. The number of nitrogens with zero attached hydrogens (tertiary/aromatic N) is 2. The summed E-state index contributed by atoms with van der Waals surface area (Å²) in [6.07, 6.45) is -1.72. The number of aliphatic hydroxyl groups excluding tert-OH is 1. The van der Waals surface area contributed by atoms with Gasteiger partial charge in [0.05, 0.1) is 42.6 Å². The van der Waals surface area contributed by atoms with Crippen LogP contribution in [0.5, 0.6) is 0 Å². The van der Waals surface area contributed by atoms with Crippen LogP contribution < -0.4 is 5.32 Å². The van der Waals surface area contributed by atoms with E-state index < -0.39 is 108 Å². The Labute approximate surface area is 332 Å². The molecule has 13 atom stereocenters. The number of nitrogens with one attached hydrogen (secondary N) is 1. The number of alkyl halides is 2. The molecule has 3 aliphatic heterocycles. The second kappa shape index (κ2) is 17.5. The summed E-state index contributed by atoms with van der Waals surface area (Å²) in [4.78, 5) is 61.5. The lowest BCUT2D eigenvalue weighted by atomic mass is 9.73. The van der Waals surface area contributed by atoms with E-state index in [4.69, 9.17) is 23.7 Å². The van der Waals surface area contributed by atoms with Crippen LogP contribution in [0, 0.1) is 17.8 Å². The Morgan fingerprint density at radius 3 is 2.47 bits per heavy atom. The van der Waals surface area contributed by atoms with Crippen LogP contribution >= 0.6 is 0 Å². The maximum Gasteiger partial charge on any atom is 0.408 e. The van der Waals surface area contributed by atoms with Crippen molar-refractivity contribution in [3.05, 3.63) is 48.2 Å². The number of amides is 1. The number of alkyl carbamates (subject to hydrolysis) is 1. The first kappa shape index (κ1) is 44.2. The van der Waals surface area contributed by atoms with Crippen molar-refractivity contribution in [2.75, 3.05) is 27.4 Å². The van der Waals surface area contributed by atoms with E-state index in [-0.39, 0.29) is 18.8 Å². The number of aromatic nitrogens is 1. The molecule has 0 bridgehead atoms. The van der Waals surface area contributed by atoms with Gasteiger partial charge < -0.3 is 39.0 Å². The zero-order chi connectivity index (χ0) is 42.0. The molecule has 15 heteroatoms. The number of ketones is 2. The van der Waals surface area contributed by atoms with E-state index in [0.29, 0.717) is 6.42 Å². The van der Waals surface area contributed by atoms with Gasteiger partial charge in [-0.3, -0.25) is 19.0 Å². The largest absolute Gasteiger partial charge is 0.455 e. The van der Waals surface area contributed by atoms with Crippen molar-refractivity contribution in [1.82, 2.24) is 15.2 Å². The number of rotatable bonds is 9. The second-order valence-corrected chi connectivity index (χ2v) is 16.6. The fourth-order valence-corrected chi connectivity index (χ4v) is 8.70. The van der Waals surface area contributed by atoms with E-state index in [1.54, 1.807) is 47.1 Å². The molecule has 4 unspecified atom stereocenters. The number of hydrogen-bond donors (Lipinski definition) is 2. The average Bonchev–Trinajstić information content (AvgIpc) is 3.48. The standard InChI is InChI=1S/C42H57F2N3O10/c1-23-22-40(5,53-19-11-12-27-14-15-28-13-10-18-45-29(28)21-27)36(56-37-33(49)30(47(8)9)20-24(2)54-37)26(4)35(50)41(6,44)38(51)55-31(16-17-43)42(7)34(25(3)32(23)48)46-39(52)57-42/h10-15,18,21,23-26,30-31,33-34,36-37,49H,16-17,19-20,22H2,1-9H3,(H,46,52)/t23-,24?,25+,26+,30?,31-,33?,34-,36-,37?,40-,41+,42-/m1/s1. The predicted octanol–water partition coefficient (Wildman–Crippen LogP) is 5.15. The van der Waals surface area contributed by atoms with Gasteiger partial charge in [-0.05, 0) is 72.3 Å². The number of hydrogen-bond acceptors (Lipinski definition) is 12. The molecule has 4 heterocycles. The molecular formula is C42H57F2N3O10. The van der Waals surface area contributed by atoms with Crippen molar-refractivity contribution in [2.24, 2.45) is 17.8 Å². The maximum atomic E-state index is 16.9. The van der Waals surface area contributed by atoms with Crippen LogP contribution in [-0.4, -0.2) is 126 Å². The highest BCUT2D eigenvalue weighted by molar-refractivity contribution is 6.08. The lowest BCUT2D eigenvalue weighted by molar-refractivity contribution is -0.297. The molecule has 2 aromatic rings. The Morgan fingerprint density at radius 1 is 1.07 bits per heavy atom. The van der Waals surface area contributed by atoms with Gasteiger partial charge in [0, 0.05) is 41.8 Å². The molecule has 57 heavy (non-hydrogen) atoms. The summed E-state index contributed by atoms with van der Waals surface area (Å²) in [5.74, 6) is -6.53. The van der Waals surface area contributed by atoms with Gasteiger partial charge in [0.1, 0.15) is 18.0 Å². The molecule has 13 nitrogen and oxygen atoms in total. The van der Waals surface area contributed by atoms with Gasteiger partial charge in [0.25, 0.3) is 5.67 Å². The van der Waals surface area contributed by atoms with E-state index in [1.165, 1.54) is 13.8 Å². The highest BCUT2D eigenvalue weighted by atomic mass is 19.1. The minimum Gasteiger partial charge on any atom is -0.455 e. The zero-order valence-corrected chi connectivity index (χ0v) is 34.2. The van der Waals surface area contributed by atoms with Gasteiger partial charge in [0.15, 0.2) is 17.7 Å².